The molecule has 0 unspecified atom stereocenters. The van der Waals surface area contributed by atoms with Crippen molar-refractivity contribution in [2.24, 2.45) is 0 Å². The largest absolute Gasteiger partial charge is 0.497 e. The van der Waals surface area contributed by atoms with Crippen LogP contribution in [0.3, 0.4) is 0 Å². The molecule has 226 valence electrons. The third-order valence-electron chi connectivity index (χ3n) is 7.50. The summed E-state index contributed by atoms with van der Waals surface area (Å²) in [4.78, 5) is 54.5. The van der Waals surface area contributed by atoms with Crippen LogP contribution in [0.15, 0.2) is 54.6 Å². The number of ether oxygens (including phenoxy) is 3. The molecule has 2 heterocycles. The van der Waals surface area contributed by atoms with Crippen LogP contribution in [-0.4, -0.2) is 98.7 Å². The predicted molar refractivity (Wildman–Crippen MR) is 155 cm³/mol. The minimum Gasteiger partial charge on any atom is -0.497 e. The lowest BCUT2D eigenvalue weighted by Crippen LogP contribution is -2.57. The number of carbonyl (C=O) groups is 4. The van der Waals surface area contributed by atoms with Gasteiger partial charge in [0.25, 0.3) is 0 Å². The number of benzene rings is 2. The number of epoxide rings is 1. The van der Waals surface area contributed by atoms with Crippen LogP contribution < -0.4 is 20.7 Å². The van der Waals surface area contributed by atoms with E-state index < -0.39 is 35.5 Å². The van der Waals surface area contributed by atoms with Crippen molar-refractivity contribution < 1.29 is 33.4 Å². The van der Waals surface area contributed by atoms with Crippen molar-refractivity contribution in [3.8, 4) is 5.75 Å². The number of hydrogen-bond donors (Lipinski definition) is 3. The highest BCUT2D eigenvalue weighted by atomic mass is 16.6. The van der Waals surface area contributed by atoms with Crippen molar-refractivity contribution in [3.63, 3.8) is 0 Å². The van der Waals surface area contributed by atoms with Gasteiger partial charge in [-0.25, -0.2) is 0 Å². The average Bonchev–Trinajstić information content (AvgIpc) is 3.75. The van der Waals surface area contributed by atoms with Crippen LogP contribution >= 0.6 is 0 Å². The van der Waals surface area contributed by atoms with Gasteiger partial charge >= 0.3 is 0 Å². The van der Waals surface area contributed by atoms with Crippen molar-refractivity contribution in [1.82, 2.24) is 20.9 Å². The number of methoxy groups -OCH3 is 1. The lowest BCUT2D eigenvalue weighted by atomic mass is 9.93. The first-order valence-corrected chi connectivity index (χ1v) is 14.2. The van der Waals surface area contributed by atoms with E-state index in [9.17, 15) is 19.2 Å². The van der Waals surface area contributed by atoms with E-state index in [2.05, 4.69) is 16.0 Å². The Morgan fingerprint density at radius 3 is 2.17 bits per heavy atom. The first-order valence-electron chi connectivity index (χ1n) is 14.2. The molecule has 0 aliphatic carbocycles. The molecule has 42 heavy (non-hydrogen) atoms. The number of amides is 3. The Bertz CT molecular complexity index is 1230. The molecule has 11 nitrogen and oxygen atoms in total. The summed E-state index contributed by atoms with van der Waals surface area (Å²) >= 11 is 0. The molecule has 2 aliphatic rings. The van der Waals surface area contributed by atoms with E-state index in [1.165, 1.54) is 6.92 Å². The summed E-state index contributed by atoms with van der Waals surface area (Å²) < 4.78 is 16.0. The maximum absolute atomic E-state index is 13.6. The predicted octanol–water partition coefficient (Wildman–Crippen LogP) is 0.645. The Kier molecular flexibility index (Phi) is 10.8. The second kappa shape index (κ2) is 14.5. The summed E-state index contributed by atoms with van der Waals surface area (Å²) in [5, 5.41) is 8.34. The van der Waals surface area contributed by atoms with E-state index in [1.54, 1.807) is 26.2 Å². The summed E-state index contributed by atoms with van der Waals surface area (Å²) in [5.41, 5.74) is 0.814. The fourth-order valence-electron chi connectivity index (χ4n) is 4.80. The zero-order valence-corrected chi connectivity index (χ0v) is 24.4. The Hall–Kier alpha value is -3.64. The van der Waals surface area contributed by atoms with Gasteiger partial charge in [0.2, 0.25) is 17.7 Å². The molecule has 11 heteroatoms. The fourth-order valence-corrected chi connectivity index (χ4v) is 4.80. The van der Waals surface area contributed by atoms with Crippen molar-refractivity contribution in [3.05, 3.63) is 65.7 Å². The van der Waals surface area contributed by atoms with Gasteiger partial charge in [-0.15, -0.1) is 0 Å². The Balaban J connectivity index is 1.46. The van der Waals surface area contributed by atoms with E-state index in [4.69, 9.17) is 14.2 Å². The van der Waals surface area contributed by atoms with E-state index in [0.29, 0.717) is 45.1 Å². The number of ketones is 1. The van der Waals surface area contributed by atoms with Crippen LogP contribution in [0.5, 0.6) is 5.75 Å². The Morgan fingerprint density at radius 1 is 0.929 bits per heavy atom. The molecule has 2 fully saturated rings. The third kappa shape index (κ3) is 8.93. The standard InChI is InChI=1S/C31H40N4O7/c1-21(32-27(36)19-35-13-15-41-16-14-35)29(38)34-30(39)26(18-23-9-11-24(40-3)12-10-23)33-25(28(37)31(2)20-42-31)17-22-7-5-4-6-8-22/h4-12,21,25-26,33H,13-20H2,1-3H3,(H,32,36)(H,34,38,39)/t21-,25-,26-,31+/m0/s1. The molecule has 0 bridgehead atoms. The van der Waals surface area contributed by atoms with Gasteiger partial charge in [-0.1, -0.05) is 42.5 Å². The van der Waals surface area contributed by atoms with Gasteiger partial charge in [-0.05, 0) is 49.9 Å². The topological polar surface area (TPSA) is 139 Å². The molecule has 2 aromatic carbocycles. The molecule has 0 radical (unpaired) electrons. The summed E-state index contributed by atoms with van der Waals surface area (Å²) in [6, 6.07) is 14.1. The van der Waals surface area contributed by atoms with Crippen molar-refractivity contribution >= 4 is 23.5 Å². The van der Waals surface area contributed by atoms with E-state index in [0.717, 1.165) is 11.1 Å². The van der Waals surface area contributed by atoms with E-state index in [1.807, 2.05) is 47.4 Å². The van der Waals surface area contributed by atoms with Crippen molar-refractivity contribution in [1.29, 1.82) is 0 Å². The highest BCUT2D eigenvalue weighted by molar-refractivity contribution is 6.01. The molecule has 0 aromatic heterocycles. The lowest BCUT2D eigenvalue weighted by molar-refractivity contribution is -0.135. The van der Waals surface area contributed by atoms with Gasteiger partial charge < -0.3 is 19.5 Å². The number of nitrogens with one attached hydrogen (secondary N) is 3. The monoisotopic (exact) mass is 580 g/mol. The van der Waals surface area contributed by atoms with Crippen molar-refractivity contribution in [2.75, 3.05) is 46.6 Å². The SMILES string of the molecule is COc1ccc(C[C@H](N[C@@H](Cc2ccccc2)C(=O)[C@@]2(C)CO2)C(=O)NC(=O)[C@H](C)NC(=O)CN2CCOCC2)cc1. The van der Waals surface area contributed by atoms with Crippen LogP contribution in [0.4, 0.5) is 0 Å². The van der Waals surface area contributed by atoms with E-state index in [-0.39, 0.29) is 24.7 Å². The van der Waals surface area contributed by atoms with Crippen molar-refractivity contribution in [2.45, 2.75) is 50.4 Å². The quantitative estimate of drug-likeness (QED) is 0.275. The summed E-state index contributed by atoms with van der Waals surface area (Å²) in [7, 11) is 1.57. The first-order chi connectivity index (χ1) is 20.2. The van der Waals surface area contributed by atoms with Gasteiger partial charge in [0.15, 0.2) is 5.78 Å². The van der Waals surface area contributed by atoms with Crippen LogP contribution in [0, 0.1) is 0 Å². The first kappa shape index (κ1) is 31.3. The zero-order chi connectivity index (χ0) is 30.1. The third-order valence-corrected chi connectivity index (χ3v) is 7.50. The lowest BCUT2D eigenvalue weighted by Gasteiger charge is -2.27. The summed E-state index contributed by atoms with van der Waals surface area (Å²) in [6.45, 7) is 6.10. The average molecular weight is 581 g/mol. The normalized spacial score (nSPS) is 20.5. The van der Waals surface area contributed by atoms with Gasteiger partial charge in [-0.3, -0.25) is 34.7 Å². The molecule has 0 saturated carbocycles. The van der Waals surface area contributed by atoms with Crippen LogP contribution in [0.25, 0.3) is 0 Å². The van der Waals surface area contributed by atoms with Gasteiger partial charge in [0, 0.05) is 13.1 Å². The van der Waals surface area contributed by atoms with Gasteiger partial charge in [0.1, 0.15) is 17.4 Å². The molecular weight excluding hydrogens is 540 g/mol. The molecule has 3 amide bonds. The molecule has 2 aliphatic heterocycles. The fraction of sp³-hybridized carbons (Fsp3) is 0.484. The highest BCUT2D eigenvalue weighted by Gasteiger charge is 2.50. The summed E-state index contributed by atoms with van der Waals surface area (Å²) in [5.74, 6) is -1.04. The van der Waals surface area contributed by atoms with Crippen LogP contribution in [-0.2, 0) is 41.5 Å². The Labute approximate surface area is 246 Å². The number of hydrogen-bond acceptors (Lipinski definition) is 9. The van der Waals surface area contributed by atoms with Crippen LogP contribution in [0.1, 0.15) is 25.0 Å². The van der Waals surface area contributed by atoms with Gasteiger partial charge in [0.05, 0.1) is 45.6 Å². The number of morpholine rings is 1. The molecule has 3 N–H and O–H groups in total. The number of imide groups is 1. The second-order valence-corrected chi connectivity index (χ2v) is 10.9. The van der Waals surface area contributed by atoms with Gasteiger partial charge in [-0.2, -0.15) is 0 Å². The second-order valence-electron chi connectivity index (χ2n) is 10.9. The minimum atomic E-state index is -0.940. The number of nitrogens with zero attached hydrogens (tertiary/aromatic N) is 1. The Morgan fingerprint density at radius 2 is 1.55 bits per heavy atom. The van der Waals surface area contributed by atoms with E-state index >= 15 is 0 Å². The number of carbonyl (C=O) groups excluding carboxylic acids is 4. The molecule has 2 aromatic rings. The molecule has 4 rings (SSSR count). The maximum Gasteiger partial charge on any atom is 0.248 e. The molecule has 4 atom stereocenters. The molecule has 0 spiro atoms. The maximum atomic E-state index is 13.6. The highest BCUT2D eigenvalue weighted by Crippen LogP contribution is 2.29. The number of rotatable bonds is 14. The number of Topliss-reactive ketones (excluding diaryl/α,β-unsaturated/α-hetero) is 1. The zero-order valence-electron chi connectivity index (χ0n) is 24.4. The van der Waals surface area contributed by atoms with Crippen LogP contribution in [0.2, 0.25) is 0 Å². The smallest absolute Gasteiger partial charge is 0.248 e. The summed E-state index contributed by atoms with van der Waals surface area (Å²) in [6.07, 6.45) is 0.546. The molecular formula is C31H40N4O7. The molecule has 2 saturated heterocycles. The minimum absolute atomic E-state index is 0.140.